The minimum Gasteiger partial charge on any atom is -0.456 e. The summed E-state index contributed by atoms with van der Waals surface area (Å²) < 4.78 is 5.89. The lowest BCUT2D eigenvalue weighted by Crippen LogP contribution is -2.25. The first-order chi connectivity index (χ1) is 13.6. The number of furan rings is 1. The van der Waals surface area contributed by atoms with Crippen LogP contribution in [0.3, 0.4) is 0 Å². The summed E-state index contributed by atoms with van der Waals surface area (Å²) in [5.41, 5.74) is 4.75. The van der Waals surface area contributed by atoms with E-state index in [4.69, 9.17) is 4.42 Å². The van der Waals surface area contributed by atoms with Crippen molar-refractivity contribution in [3.8, 4) is 0 Å². The summed E-state index contributed by atoms with van der Waals surface area (Å²) in [6, 6.07) is 19.0. The Labute approximate surface area is 161 Å². The van der Waals surface area contributed by atoms with Crippen LogP contribution < -0.4 is 10.2 Å². The molecule has 28 heavy (non-hydrogen) atoms. The van der Waals surface area contributed by atoms with E-state index in [0.29, 0.717) is 17.8 Å². The van der Waals surface area contributed by atoms with Crippen molar-refractivity contribution >= 4 is 45.1 Å². The Morgan fingerprint density at radius 3 is 2.64 bits per heavy atom. The highest BCUT2D eigenvalue weighted by Crippen LogP contribution is 2.31. The average Bonchev–Trinajstić information content (AvgIpc) is 3.28. The van der Waals surface area contributed by atoms with Gasteiger partial charge >= 0.3 is 0 Å². The molecule has 1 aromatic heterocycles. The maximum absolute atomic E-state index is 12.7. The second-order valence-corrected chi connectivity index (χ2v) is 7.03. The van der Waals surface area contributed by atoms with Crippen molar-refractivity contribution in [2.75, 3.05) is 16.8 Å². The van der Waals surface area contributed by atoms with Crippen molar-refractivity contribution in [1.29, 1.82) is 0 Å². The molecule has 5 nitrogen and oxygen atoms in total. The molecule has 1 aliphatic rings. The van der Waals surface area contributed by atoms with E-state index in [1.807, 2.05) is 54.6 Å². The van der Waals surface area contributed by atoms with Crippen molar-refractivity contribution in [1.82, 2.24) is 0 Å². The van der Waals surface area contributed by atoms with Gasteiger partial charge in [0.1, 0.15) is 11.2 Å². The van der Waals surface area contributed by atoms with Crippen LogP contribution in [0.1, 0.15) is 22.8 Å². The third kappa shape index (κ3) is 2.63. The number of benzene rings is 3. The maximum Gasteiger partial charge on any atom is 0.255 e. The monoisotopic (exact) mass is 370 g/mol. The summed E-state index contributed by atoms with van der Waals surface area (Å²) in [6.45, 7) is 2.22. The van der Waals surface area contributed by atoms with Crippen molar-refractivity contribution in [2.24, 2.45) is 0 Å². The van der Waals surface area contributed by atoms with Gasteiger partial charge in [-0.15, -0.1) is 0 Å². The highest BCUT2D eigenvalue weighted by atomic mass is 16.3. The number of carbonyl (C=O) groups is 2. The molecule has 4 aromatic rings. The van der Waals surface area contributed by atoms with Crippen LogP contribution in [0.2, 0.25) is 0 Å². The van der Waals surface area contributed by atoms with Crippen LogP contribution in [0.25, 0.3) is 21.9 Å². The Morgan fingerprint density at radius 2 is 1.79 bits per heavy atom. The fraction of sp³-hybridized carbons (Fsp3) is 0.130. The molecule has 0 atom stereocenters. The van der Waals surface area contributed by atoms with Gasteiger partial charge in [0.05, 0.1) is 0 Å². The van der Waals surface area contributed by atoms with Crippen LogP contribution in [-0.4, -0.2) is 18.4 Å². The van der Waals surface area contributed by atoms with E-state index in [0.717, 1.165) is 39.6 Å². The van der Waals surface area contributed by atoms with Crippen LogP contribution >= 0.6 is 0 Å². The van der Waals surface area contributed by atoms with Crippen molar-refractivity contribution in [3.05, 3.63) is 71.8 Å². The van der Waals surface area contributed by atoms with Crippen LogP contribution in [0.4, 0.5) is 11.4 Å². The number of hydrogen-bond donors (Lipinski definition) is 1. The maximum atomic E-state index is 12.7. The zero-order chi connectivity index (χ0) is 19.3. The molecule has 0 radical (unpaired) electrons. The number of nitrogens with zero attached hydrogens (tertiary/aromatic N) is 1. The lowest BCUT2D eigenvalue weighted by molar-refractivity contribution is -0.116. The molecule has 2 amide bonds. The molecule has 1 aliphatic heterocycles. The molecule has 5 rings (SSSR count). The standard InChI is InChI=1S/C23H18N2O3/c1-14(26)25-11-10-15-12-16(6-9-20(15)25)23(27)24-17-7-8-19-18-4-2-3-5-21(18)28-22(19)13-17/h2-9,12-13H,10-11H2,1H3,(H,24,27). The largest absolute Gasteiger partial charge is 0.456 e. The van der Waals surface area contributed by atoms with Crippen molar-refractivity contribution < 1.29 is 14.0 Å². The van der Waals surface area contributed by atoms with E-state index < -0.39 is 0 Å². The zero-order valence-electron chi connectivity index (χ0n) is 15.4. The Bertz CT molecular complexity index is 1260. The number of carbonyl (C=O) groups excluding carboxylic acids is 2. The molecular weight excluding hydrogens is 352 g/mol. The molecule has 0 spiro atoms. The van der Waals surface area contributed by atoms with Gasteiger partial charge in [-0.25, -0.2) is 0 Å². The zero-order valence-corrected chi connectivity index (χ0v) is 15.4. The number of amides is 2. The highest BCUT2D eigenvalue weighted by molar-refractivity contribution is 6.09. The first kappa shape index (κ1) is 16.6. The second-order valence-electron chi connectivity index (χ2n) is 7.03. The highest BCUT2D eigenvalue weighted by Gasteiger charge is 2.23. The van der Waals surface area contributed by atoms with Crippen molar-refractivity contribution in [2.45, 2.75) is 13.3 Å². The summed E-state index contributed by atoms with van der Waals surface area (Å²) in [5, 5.41) is 5.02. The molecule has 0 saturated heterocycles. The fourth-order valence-corrected chi connectivity index (χ4v) is 3.88. The van der Waals surface area contributed by atoms with Gasteiger partial charge in [0, 0.05) is 47.2 Å². The molecule has 138 valence electrons. The normalized spacial score (nSPS) is 13.1. The van der Waals surface area contributed by atoms with E-state index in [1.54, 1.807) is 17.9 Å². The van der Waals surface area contributed by atoms with Crippen molar-refractivity contribution in [3.63, 3.8) is 0 Å². The van der Waals surface area contributed by atoms with E-state index in [2.05, 4.69) is 5.32 Å². The third-order valence-corrected chi connectivity index (χ3v) is 5.25. The quantitative estimate of drug-likeness (QED) is 0.554. The molecular formula is C23H18N2O3. The lowest BCUT2D eigenvalue weighted by atomic mass is 10.1. The molecule has 2 heterocycles. The van der Waals surface area contributed by atoms with Gasteiger partial charge in [0.2, 0.25) is 5.91 Å². The Morgan fingerprint density at radius 1 is 0.964 bits per heavy atom. The van der Waals surface area contributed by atoms with Gasteiger partial charge in [-0.2, -0.15) is 0 Å². The molecule has 3 aromatic carbocycles. The van der Waals surface area contributed by atoms with Gasteiger partial charge in [-0.3, -0.25) is 9.59 Å². The van der Waals surface area contributed by atoms with Crippen LogP contribution in [0, 0.1) is 0 Å². The molecule has 1 N–H and O–H groups in total. The number of anilines is 2. The summed E-state index contributed by atoms with van der Waals surface area (Å²) in [6.07, 6.45) is 0.765. The minimum absolute atomic E-state index is 0.0232. The van der Waals surface area contributed by atoms with Crippen LogP contribution in [0.5, 0.6) is 0 Å². The van der Waals surface area contributed by atoms with E-state index >= 15 is 0 Å². The van der Waals surface area contributed by atoms with Crippen LogP contribution in [0.15, 0.2) is 65.1 Å². The molecule has 0 fully saturated rings. The predicted octanol–water partition coefficient (Wildman–Crippen LogP) is 4.75. The summed E-state index contributed by atoms with van der Waals surface area (Å²) in [7, 11) is 0. The molecule has 0 saturated carbocycles. The molecule has 0 bridgehead atoms. The fourth-order valence-electron chi connectivity index (χ4n) is 3.88. The SMILES string of the molecule is CC(=O)N1CCc2cc(C(=O)Nc3ccc4c(c3)oc3ccccc34)ccc21. The minimum atomic E-state index is -0.181. The number of hydrogen-bond acceptors (Lipinski definition) is 3. The average molecular weight is 370 g/mol. The third-order valence-electron chi connectivity index (χ3n) is 5.25. The molecule has 0 aliphatic carbocycles. The topological polar surface area (TPSA) is 62.6 Å². The Hall–Kier alpha value is -3.60. The first-order valence-corrected chi connectivity index (χ1v) is 9.24. The van der Waals surface area contributed by atoms with Gasteiger partial charge in [0.15, 0.2) is 0 Å². The smallest absolute Gasteiger partial charge is 0.255 e. The first-order valence-electron chi connectivity index (χ1n) is 9.24. The number of para-hydroxylation sites is 1. The Kier molecular flexibility index (Phi) is 3.69. The number of rotatable bonds is 2. The van der Waals surface area contributed by atoms with Gasteiger partial charge < -0.3 is 14.6 Å². The Balaban J connectivity index is 1.42. The van der Waals surface area contributed by atoms with Gasteiger partial charge in [-0.05, 0) is 48.4 Å². The predicted molar refractivity (Wildman–Crippen MR) is 110 cm³/mol. The van der Waals surface area contributed by atoms with Crippen LogP contribution in [-0.2, 0) is 11.2 Å². The molecule has 0 unspecified atom stereocenters. The number of fused-ring (bicyclic) bond motifs is 4. The number of nitrogens with one attached hydrogen (secondary N) is 1. The van der Waals surface area contributed by atoms with E-state index in [-0.39, 0.29) is 11.8 Å². The summed E-state index contributed by atoms with van der Waals surface area (Å²) in [5.74, 6) is -0.158. The molecule has 5 heteroatoms. The van der Waals surface area contributed by atoms with Gasteiger partial charge in [0.25, 0.3) is 5.91 Å². The summed E-state index contributed by atoms with van der Waals surface area (Å²) >= 11 is 0. The second kappa shape index (κ2) is 6.23. The van der Waals surface area contributed by atoms with E-state index in [1.165, 1.54) is 0 Å². The lowest BCUT2D eigenvalue weighted by Gasteiger charge is -2.14. The summed E-state index contributed by atoms with van der Waals surface area (Å²) in [4.78, 5) is 26.1. The van der Waals surface area contributed by atoms with Gasteiger partial charge in [-0.1, -0.05) is 18.2 Å². The van der Waals surface area contributed by atoms with E-state index in [9.17, 15) is 9.59 Å².